The molecular formula is C15H16N4O. The van der Waals surface area contributed by atoms with Crippen LogP contribution in [0.3, 0.4) is 0 Å². The van der Waals surface area contributed by atoms with Crippen molar-refractivity contribution >= 4 is 5.82 Å². The van der Waals surface area contributed by atoms with Crippen LogP contribution in [-0.4, -0.2) is 17.0 Å². The Kier molecular flexibility index (Phi) is 4.16. The number of rotatable bonds is 4. The van der Waals surface area contributed by atoms with Crippen LogP contribution in [0.25, 0.3) is 0 Å². The van der Waals surface area contributed by atoms with E-state index >= 15 is 0 Å². The van der Waals surface area contributed by atoms with Crippen LogP contribution >= 0.6 is 0 Å². The lowest BCUT2D eigenvalue weighted by atomic mass is 10.1. The largest absolute Gasteiger partial charge is 0.485 e. The van der Waals surface area contributed by atoms with Gasteiger partial charge in [0.05, 0.1) is 11.6 Å². The molecular weight excluding hydrogens is 252 g/mol. The van der Waals surface area contributed by atoms with Crippen molar-refractivity contribution in [3.05, 3.63) is 46.9 Å². The molecule has 0 spiro atoms. The number of hydrogen-bond donors (Lipinski definition) is 1. The summed E-state index contributed by atoms with van der Waals surface area (Å²) in [6.07, 6.45) is 0. The molecule has 1 aromatic heterocycles. The highest BCUT2D eigenvalue weighted by molar-refractivity contribution is 5.42. The Hall–Kier alpha value is -2.61. The molecule has 0 bridgehead atoms. The van der Waals surface area contributed by atoms with Gasteiger partial charge in [0.2, 0.25) is 0 Å². The fraction of sp³-hybridized carbons (Fsp3) is 0.267. The summed E-state index contributed by atoms with van der Waals surface area (Å²) in [5.74, 6) is 2.05. The number of benzene rings is 1. The Labute approximate surface area is 118 Å². The Morgan fingerprint density at radius 2 is 2.05 bits per heavy atom. The fourth-order valence-electron chi connectivity index (χ4n) is 1.79. The van der Waals surface area contributed by atoms with Crippen LogP contribution < -0.4 is 10.1 Å². The Bertz CT molecular complexity index is 661. The molecule has 20 heavy (non-hydrogen) atoms. The van der Waals surface area contributed by atoms with Crippen molar-refractivity contribution in [2.45, 2.75) is 20.5 Å². The normalized spacial score (nSPS) is 9.90. The van der Waals surface area contributed by atoms with E-state index in [0.717, 1.165) is 17.1 Å². The third-order valence-corrected chi connectivity index (χ3v) is 2.83. The smallest absolute Gasteiger partial charge is 0.168 e. The summed E-state index contributed by atoms with van der Waals surface area (Å²) < 4.78 is 5.72. The van der Waals surface area contributed by atoms with E-state index in [4.69, 9.17) is 10.00 Å². The first kappa shape index (κ1) is 13.8. The molecule has 0 aliphatic rings. The van der Waals surface area contributed by atoms with Crippen molar-refractivity contribution in [1.29, 1.82) is 5.26 Å². The molecule has 0 unspecified atom stereocenters. The Balaban J connectivity index is 2.16. The number of anilines is 1. The van der Waals surface area contributed by atoms with Gasteiger partial charge in [0.15, 0.2) is 5.82 Å². The topological polar surface area (TPSA) is 70.8 Å². The first-order valence-electron chi connectivity index (χ1n) is 6.28. The number of ether oxygens (including phenoxy) is 1. The minimum Gasteiger partial charge on any atom is -0.485 e. The van der Waals surface area contributed by atoms with Crippen LogP contribution in [0.15, 0.2) is 24.3 Å². The molecule has 0 fully saturated rings. The predicted octanol–water partition coefficient (Wildman–Crippen LogP) is 2.59. The van der Waals surface area contributed by atoms with Crippen molar-refractivity contribution in [1.82, 2.24) is 9.97 Å². The van der Waals surface area contributed by atoms with Crippen molar-refractivity contribution in [3.63, 3.8) is 0 Å². The van der Waals surface area contributed by atoms with Gasteiger partial charge in [-0.2, -0.15) is 5.26 Å². The number of nitrogens with one attached hydrogen (secondary N) is 1. The molecule has 0 aliphatic heterocycles. The second-order valence-electron chi connectivity index (χ2n) is 4.44. The van der Waals surface area contributed by atoms with E-state index < -0.39 is 0 Å². The standard InChI is InChI=1S/C15H16N4O/c1-10-4-5-12(8-16)7-13(10)20-9-15-18-11(2)6-14(17-3)19-15/h4-7H,9H2,1-3H3,(H,17,18,19). The zero-order valence-electron chi connectivity index (χ0n) is 11.8. The highest BCUT2D eigenvalue weighted by Crippen LogP contribution is 2.20. The van der Waals surface area contributed by atoms with Gasteiger partial charge in [-0.1, -0.05) is 6.07 Å². The van der Waals surface area contributed by atoms with Crippen molar-refractivity contribution in [2.75, 3.05) is 12.4 Å². The summed E-state index contributed by atoms with van der Waals surface area (Å²) in [6.45, 7) is 4.12. The van der Waals surface area contributed by atoms with E-state index in [1.165, 1.54) is 0 Å². The van der Waals surface area contributed by atoms with Crippen LogP contribution in [0, 0.1) is 25.2 Å². The second-order valence-corrected chi connectivity index (χ2v) is 4.44. The van der Waals surface area contributed by atoms with Crippen molar-refractivity contribution in [2.24, 2.45) is 0 Å². The first-order valence-corrected chi connectivity index (χ1v) is 6.28. The third kappa shape index (κ3) is 3.23. The van der Waals surface area contributed by atoms with Gasteiger partial charge in [-0.25, -0.2) is 9.97 Å². The SMILES string of the molecule is CNc1cc(C)nc(COc2cc(C#N)ccc2C)n1. The lowest BCUT2D eigenvalue weighted by Crippen LogP contribution is -2.06. The van der Waals surface area contributed by atoms with Crippen LogP contribution in [0.5, 0.6) is 5.75 Å². The van der Waals surface area contributed by atoms with Crippen LogP contribution in [0.4, 0.5) is 5.82 Å². The van der Waals surface area contributed by atoms with Gasteiger partial charge in [0.25, 0.3) is 0 Å². The quantitative estimate of drug-likeness (QED) is 0.922. The third-order valence-electron chi connectivity index (χ3n) is 2.83. The van der Waals surface area contributed by atoms with Gasteiger partial charge in [-0.3, -0.25) is 0 Å². The number of aryl methyl sites for hydroxylation is 2. The monoisotopic (exact) mass is 268 g/mol. The molecule has 0 saturated heterocycles. The maximum atomic E-state index is 8.90. The Morgan fingerprint density at radius 3 is 2.75 bits per heavy atom. The molecule has 5 heteroatoms. The first-order chi connectivity index (χ1) is 9.62. The second kappa shape index (κ2) is 6.02. The fourth-order valence-corrected chi connectivity index (χ4v) is 1.79. The summed E-state index contributed by atoms with van der Waals surface area (Å²) >= 11 is 0. The molecule has 1 aromatic carbocycles. The van der Waals surface area contributed by atoms with Gasteiger partial charge >= 0.3 is 0 Å². The van der Waals surface area contributed by atoms with Crippen LogP contribution in [0.1, 0.15) is 22.6 Å². The zero-order chi connectivity index (χ0) is 14.5. The minimum atomic E-state index is 0.270. The summed E-state index contributed by atoms with van der Waals surface area (Å²) in [7, 11) is 1.81. The van der Waals surface area contributed by atoms with E-state index in [0.29, 0.717) is 17.1 Å². The lowest BCUT2D eigenvalue weighted by Gasteiger charge is -2.10. The highest BCUT2D eigenvalue weighted by atomic mass is 16.5. The van der Waals surface area contributed by atoms with E-state index in [9.17, 15) is 0 Å². The molecule has 0 saturated carbocycles. The molecule has 102 valence electrons. The van der Waals surface area contributed by atoms with E-state index in [2.05, 4.69) is 21.4 Å². The zero-order valence-corrected chi connectivity index (χ0v) is 11.8. The lowest BCUT2D eigenvalue weighted by molar-refractivity contribution is 0.293. The molecule has 1 N–H and O–H groups in total. The number of hydrogen-bond acceptors (Lipinski definition) is 5. The van der Waals surface area contributed by atoms with E-state index in [1.807, 2.05) is 33.0 Å². The molecule has 1 heterocycles. The maximum Gasteiger partial charge on any atom is 0.168 e. The molecule has 5 nitrogen and oxygen atoms in total. The molecule has 2 aromatic rings. The minimum absolute atomic E-state index is 0.270. The van der Waals surface area contributed by atoms with Crippen molar-refractivity contribution < 1.29 is 4.74 Å². The van der Waals surface area contributed by atoms with Gasteiger partial charge < -0.3 is 10.1 Å². The van der Waals surface area contributed by atoms with E-state index in [1.54, 1.807) is 12.1 Å². The number of aromatic nitrogens is 2. The molecule has 2 rings (SSSR count). The molecule has 0 aliphatic carbocycles. The van der Waals surface area contributed by atoms with Gasteiger partial charge in [0.1, 0.15) is 18.2 Å². The molecule has 0 amide bonds. The van der Waals surface area contributed by atoms with Crippen molar-refractivity contribution in [3.8, 4) is 11.8 Å². The summed E-state index contributed by atoms with van der Waals surface area (Å²) in [6, 6.07) is 9.32. The average molecular weight is 268 g/mol. The van der Waals surface area contributed by atoms with Crippen LogP contribution in [0.2, 0.25) is 0 Å². The average Bonchev–Trinajstić information content (AvgIpc) is 2.45. The number of nitrogens with zero attached hydrogens (tertiary/aromatic N) is 3. The molecule has 0 radical (unpaired) electrons. The highest BCUT2D eigenvalue weighted by Gasteiger charge is 2.05. The Morgan fingerprint density at radius 1 is 1.25 bits per heavy atom. The van der Waals surface area contributed by atoms with E-state index in [-0.39, 0.29) is 6.61 Å². The van der Waals surface area contributed by atoms with Gasteiger partial charge in [0, 0.05) is 18.8 Å². The van der Waals surface area contributed by atoms with Gasteiger partial charge in [-0.15, -0.1) is 0 Å². The number of nitriles is 1. The summed E-state index contributed by atoms with van der Waals surface area (Å²) in [5.41, 5.74) is 2.43. The predicted molar refractivity (Wildman–Crippen MR) is 76.5 cm³/mol. The summed E-state index contributed by atoms with van der Waals surface area (Å²) in [5, 5.41) is 11.9. The summed E-state index contributed by atoms with van der Waals surface area (Å²) in [4.78, 5) is 8.66. The van der Waals surface area contributed by atoms with Crippen LogP contribution in [-0.2, 0) is 6.61 Å². The molecule has 0 atom stereocenters. The van der Waals surface area contributed by atoms with Gasteiger partial charge in [-0.05, 0) is 31.5 Å². The maximum absolute atomic E-state index is 8.90.